The normalized spacial score (nSPS) is 11.6. The maximum absolute atomic E-state index is 13.6. The van der Waals surface area contributed by atoms with Gasteiger partial charge in [0.15, 0.2) is 5.82 Å². The first-order valence-electron chi connectivity index (χ1n) is 5.54. The third kappa shape index (κ3) is 4.66. The Morgan fingerprint density at radius 2 is 2.06 bits per heavy atom. The topological polar surface area (TPSA) is 57.4 Å². The zero-order chi connectivity index (χ0) is 12.9. The van der Waals surface area contributed by atoms with Crippen LogP contribution in [-0.2, 0) is 11.3 Å². The lowest BCUT2D eigenvalue weighted by Crippen LogP contribution is -2.22. The first-order chi connectivity index (χ1) is 7.94. The molecule has 0 aliphatic carbocycles. The van der Waals surface area contributed by atoms with Crippen LogP contribution in [0.4, 0.5) is 4.39 Å². The number of halogens is 1. The van der Waals surface area contributed by atoms with E-state index in [1.165, 1.54) is 12.3 Å². The molecule has 5 heteroatoms. The Morgan fingerprint density at radius 3 is 2.65 bits per heavy atom. The van der Waals surface area contributed by atoms with E-state index in [9.17, 15) is 4.39 Å². The lowest BCUT2D eigenvalue weighted by molar-refractivity contribution is -0.0172. The molecule has 0 atom stereocenters. The van der Waals surface area contributed by atoms with Crippen molar-refractivity contribution in [1.82, 2.24) is 4.98 Å². The molecule has 0 spiro atoms. The van der Waals surface area contributed by atoms with Gasteiger partial charge in [0.05, 0.1) is 12.2 Å². The minimum atomic E-state index is -0.495. The molecule has 0 aliphatic heterocycles. The van der Waals surface area contributed by atoms with Crippen molar-refractivity contribution in [2.24, 2.45) is 5.73 Å². The number of nitrogens with two attached hydrogens (primary N) is 1. The summed E-state index contributed by atoms with van der Waals surface area (Å²) in [5.74, 6) is -0.517. The summed E-state index contributed by atoms with van der Waals surface area (Å²) in [6.07, 6.45) is 1.48. The lowest BCUT2D eigenvalue weighted by Gasteiger charge is -2.19. The van der Waals surface area contributed by atoms with Crippen LogP contribution in [0.1, 0.15) is 26.3 Å². The van der Waals surface area contributed by atoms with Gasteiger partial charge in [-0.05, 0) is 26.8 Å². The van der Waals surface area contributed by atoms with Gasteiger partial charge in [0.2, 0.25) is 0 Å². The van der Waals surface area contributed by atoms with Gasteiger partial charge in [-0.15, -0.1) is 0 Å². The summed E-state index contributed by atoms with van der Waals surface area (Å²) in [6.45, 7) is 6.61. The quantitative estimate of drug-likeness (QED) is 0.801. The van der Waals surface area contributed by atoms with Crippen LogP contribution in [-0.4, -0.2) is 23.8 Å². The third-order valence-corrected chi connectivity index (χ3v) is 2.01. The number of rotatable bonds is 5. The fourth-order valence-electron chi connectivity index (χ4n) is 1.21. The standard InChI is InChI=1S/C12H19FN2O2/c1-12(2,3)17-7-6-16-11-10(13)9(8-14)4-5-15-11/h4-5H,6-8,14H2,1-3H3. The van der Waals surface area contributed by atoms with Gasteiger partial charge in [0, 0.05) is 18.3 Å². The van der Waals surface area contributed by atoms with Gasteiger partial charge in [-0.3, -0.25) is 0 Å². The van der Waals surface area contributed by atoms with Crippen LogP contribution in [0.5, 0.6) is 5.88 Å². The smallest absolute Gasteiger partial charge is 0.250 e. The monoisotopic (exact) mass is 242 g/mol. The minimum Gasteiger partial charge on any atom is -0.473 e. The molecule has 17 heavy (non-hydrogen) atoms. The Balaban J connectivity index is 2.47. The number of pyridine rings is 1. The van der Waals surface area contributed by atoms with E-state index >= 15 is 0 Å². The number of hydrogen-bond donors (Lipinski definition) is 1. The summed E-state index contributed by atoms with van der Waals surface area (Å²) in [7, 11) is 0. The van der Waals surface area contributed by atoms with E-state index in [-0.39, 0.29) is 24.6 Å². The summed E-state index contributed by atoms with van der Waals surface area (Å²) >= 11 is 0. The Labute approximate surface area is 101 Å². The first-order valence-corrected chi connectivity index (χ1v) is 5.54. The molecule has 1 aromatic rings. The van der Waals surface area contributed by atoms with Crippen LogP contribution < -0.4 is 10.5 Å². The molecule has 0 aliphatic rings. The molecule has 0 fully saturated rings. The van der Waals surface area contributed by atoms with E-state index < -0.39 is 5.82 Å². The number of aromatic nitrogens is 1. The molecule has 1 heterocycles. The summed E-state index contributed by atoms with van der Waals surface area (Å²) < 4.78 is 24.3. The van der Waals surface area contributed by atoms with Gasteiger partial charge in [-0.25, -0.2) is 9.37 Å². The molecule has 0 saturated heterocycles. The zero-order valence-corrected chi connectivity index (χ0v) is 10.5. The molecule has 0 aromatic carbocycles. The van der Waals surface area contributed by atoms with Gasteiger partial charge < -0.3 is 15.2 Å². The van der Waals surface area contributed by atoms with Gasteiger partial charge in [0.25, 0.3) is 5.88 Å². The van der Waals surface area contributed by atoms with Gasteiger partial charge >= 0.3 is 0 Å². The van der Waals surface area contributed by atoms with Crippen molar-refractivity contribution in [3.05, 3.63) is 23.6 Å². The molecule has 0 bridgehead atoms. The predicted octanol–water partition coefficient (Wildman–Crippen LogP) is 1.87. The molecule has 2 N–H and O–H groups in total. The van der Waals surface area contributed by atoms with Crippen LogP contribution in [0, 0.1) is 5.82 Å². The SMILES string of the molecule is CC(C)(C)OCCOc1nccc(CN)c1F. The summed E-state index contributed by atoms with van der Waals surface area (Å²) in [6, 6.07) is 1.54. The molecular weight excluding hydrogens is 223 g/mol. The average Bonchev–Trinajstić information content (AvgIpc) is 2.25. The molecule has 4 nitrogen and oxygen atoms in total. The highest BCUT2D eigenvalue weighted by Crippen LogP contribution is 2.16. The van der Waals surface area contributed by atoms with E-state index in [2.05, 4.69) is 4.98 Å². The molecule has 96 valence electrons. The summed E-state index contributed by atoms with van der Waals surface area (Å²) in [4.78, 5) is 3.81. The minimum absolute atomic E-state index is 0.0227. The highest BCUT2D eigenvalue weighted by atomic mass is 19.1. The summed E-state index contributed by atoms with van der Waals surface area (Å²) in [5.41, 5.74) is 5.55. The van der Waals surface area contributed by atoms with Crippen LogP contribution in [0.25, 0.3) is 0 Å². The highest BCUT2D eigenvalue weighted by Gasteiger charge is 2.12. The molecule has 0 saturated carbocycles. The zero-order valence-electron chi connectivity index (χ0n) is 10.5. The molecule has 1 aromatic heterocycles. The van der Waals surface area contributed by atoms with Crippen molar-refractivity contribution < 1.29 is 13.9 Å². The highest BCUT2D eigenvalue weighted by molar-refractivity contribution is 5.23. The van der Waals surface area contributed by atoms with E-state index in [0.29, 0.717) is 12.2 Å². The van der Waals surface area contributed by atoms with Crippen molar-refractivity contribution in [1.29, 1.82) is 0 Å². The van der Waals surface area contributed by atoms with E-state index in [1.807, 2.05) is 20.8 Å². The second-order valence-corrected chi connectivity index (χ2v) is 4.60. The van der Waals surface area contributed by atoms with E-state index in [0.717, 1.165) is 0 Å². The van der Waals surface area contributed by atoms with Crippen molar-refractivity contribution in [3.63, 3.8) is 0 Å². The van der Waals surface area contributed by atoms with Crippen LogP contribution in [0.3, 0.4) is 0 Å². The van der Waals surface area contributed by atoms with E-state index in [4.69, 9.17) is 15.2 Å². The second-order valence-electron chi connectivity index (χ2n) is 4.60. The predicted molar refractivity (Wildman–Crippen MR) is 63.3 cm³/mol. The maximum atomic E-state index is 13.6. The Morgan fingerprint density at radius 1 is 1.35 bits per heavy atom. The van der Waals surface area contributed by atoms with E-state index in [1.54, 1.807) is 0 Å². The molecule has 0 amide bonds. The van der Waals surface area contributed by atoms with Crippen molar-refractivity contribution in [2.75, 3.05) is 13.2 Å². The molecule has 1 rings (SSSR count). The molecule has 0 radical (unpaired) electrons. The number of nitrogens with zero attached hydrogens (tertiary/aromatic N) is 1. The Hall–Kier alpha value is -1.20. The van der Waals surface area contributed by atoms with Gasteiger partial charge in [0.1, 0.15) is 6.61 Å². The fraction of sp³-hybridized carbons (Fsp3) is 0.583. The first kappa shape index (κ1) is 13.9. The fourth-order valence-corrected chi connectivity index (χ4v) is 1.21. The number of hydrogen-bond acceptors (Lipinski definition) is 4. The Bertz CT molecular complexity index is 364. The van der Waals surface area contributed by atoms with Crippen LogP contribution in [0.15, 0.2) is 12.3 Å². The number of ether oxygens (including phenoxy) is 2. The van der Waals surface area contributed by atoms with Gasteiger partial charge in [-0.1, -0.05) is 0 Å². The van der Waals surface area contributed by atoms with Crippen molar-refractivity contribution >= 4 is 0 Å². The van der Waals surface area contributed by atoms with Gasteiger partial charge in [-0.2, -0.15) is 0 Å². The largest absolute Gasteiger partial charge is 0.473 e. The molecule has 0 unspecified atom stereocenters. The third-order valence-electron chi connectivity index (χ3n) is 2.01. The molecular formula is C12H19FN2O2. The Kier molecular flexibility index (Phi) is 4.84. The summed E-state index contributed by atoms with van der Waals surface area (Å²) in [5, 5.41) is 0. The lowest BCUT2D eigenvalue weighted by atomic mass is 10.2. The van der Waals surface area contributed by atoms with Crippen LogP contribution in [0.2, 0.25) is 0 Å². The van der Waals surface area contributed by atoms with Crippen LogP contribution >= 0.6 is 0 Å². The van der Waals surface area contributed by atoms with Crippen molar-refractivity contribution in [3.8, 4) is 5.88 Å². The average molecular weight is 242 g/mol. The van der Waals surface area contributed by atoms with Crippen molar-refractivity contribution in [2.45, 2.75) is 32.9 Å². The second kappa shape index (κ2) is 5.93. The maximum Gasteiger partial charge on any atom is 0.250 e.